The van der Waals surface area contributed by atoms with Gasteiger partial charge in [-0.2, -0.15) is 11.8 Å². The van der Waals surface area contributed by atoms with E-state index in [1.165, 1.54) is 12.1 Å². The fourth-order valence-electron chi connectivity index (χ4n) is 1.49. The standard InChI is InChI=1S/C13H17FN2O3S/c1-8(20-2)6-7-15-13(19)16-11-9(12(17)18)4-3-5-10(11)14/h3-5,8H,6-7H2,1-2H3,(H,17,18)(H2,15,16,19). The zero-order valence-electron chi connectivity index (χ0n) is 11.3. The van der Waals surface area contributed by atoms with Gasteiger partial charge in [0, 0.05) is 11.8 Å². The molecular weight excluding hydrogens is 283 g/mol. The van der Waals surface area contributed by atoms with Crippen LogP contribution >= 0.6 is 11.8 Å². The summed E-state index contributed by atoms with van der Waals surface area (Å²) in [6.45, 7) is 2.47. The Labute approximate surface area is 120 Å². The number of anilines is 1. The lowest BCUT2D eigenvalue weighted by Crippen LogP contribution is -2.31. The molecule has 1 aromatic carbocycles. The van der Waals surface area contributed by atoms with Crippen molar-refractivity contribution in [3.63, 3.8) is 0 Å². The Morgan fingerprint density at radius 3 is 2.75 bits per heavy atom. The number of para-hydroxylation sites is 1. The van der Waals surface area contributed by atoms with Crippen molar-refractivity contribution in [2.45, 2.75) is 18.6 Å². The minimum Gasteiger partial charge on any atom is -0.478 e. The summed E-state index contributed by atoms with van der Waals surface area (Å²) in [5, 5.41) is 14.1. The SMILES string of the molecule is CSC(C)CCNC(=O)Nc1c(F)cccc1C(=O)O. The number of rotatable bonds is 6. The fraction of sp³-hybridized carbons (Fsp3) is 0.385. The average Bonchev–Trinajstić information content (AvgIpc) is 2.40. The van der Waals surface area contributed by atoms with Crippen molar-refractivity contribution in [2.24, 2.45) is 0 Å². The lowest BCUT2D eigenvalue weighted by atomic mass is 10.1. The van der Waals surface area contributed by atoms with Gasteiger partial charge in [-0.15, -0.1) is 0 Å². The third-order valence-electron chi connectivity index (χ3n) is 2.72. The summed E-state index contributed by atoms with van der Waals surface area (Å²) < 4.78 is 13.6. The van der Waals surface area contributed by atoms with Crippen LogP contribution in [0.5, 0.6) is 0 Å². The van der Waals surface area contributed by atoms with Gasteiger partial charge in [-0.3, -0.25) is 0 Å². The molecule has 1 atom stereocenters. The lowest BCUT2D eigenvalue weighted by Gasteiger charge is -2.12. The summed E-state index contributed by atoms with van der Waals surface area (Å²) in [4.78, 5) is 22.6. The molecule has 110 valence electrons. The molecule has 1 rings (SSSR count). The molecule has 0 aliphatic rings. The topological polar surface area (TPSA) is 78.4 Å². The predicted molar refractivity (Wildman–Crippen MR) is 78.0 cm³/mol. The van der Waals surface area contributed by atoms with E-state index in [0.717, 1.165) is 12.5 Å². The smallest absolute Gasteiger partial charge is 0.337 e. The van der Waals surface area contributed by atoms with E-state index in [2.05, 4.69) is 10.6 Å². The average molecular weight is 300 g/mol. The maximum atomic E-state index is 13.6. The van der Waals surface area contributed by atoms with Crippen molar-refractivity contribution in [3.8, 4) is 0 Å². The molecule has 1 aromatic rings. The number of thioether (sulfide) groups is 1. The number of nitrogens with one attached hydrogen (secondary N) is 2. The minimum absolute atomic E-state index is 0.280. The van der Waals surface area contributed by atoms with Crippen LogP contribution in [0, 0.1) is 5.82 Å². The van der Waals surface area contributed by atoms with Crippen LogP contribution in [0.4, 0.5) is 14.9 Å². The van der Waals surface area contributed by atoms with Gasteiger partial charge in [0.05, 0.1) is 11.3 Å². The summed E-state index contributed by atoms with van der Waals surface area (Å²) in [6.07, 6.45) is 2.75. The molecule has 0 fully saturated rings. The summed E-state index contributed by atoms with van der Waals surface area (Å²) in [5.74, 6) is -2.08. The van der Waals surface area contributed by atoms with E-state index in [9.17, 15) is 14.0 Å². The molecule has 1 unspecified atom stereocenters. The van der Waals surface area contributed by atoms with E-state index >= 15 is 0 Å². The monoisotopic (exact) mass is 300 g/mol. The number of carbonyl (C=O) groups excluding carboxylic acids is 1. The van der Waals surface area contributed by atoms with Gasteiger partial charge in [0.25, 0.3) is 0 Å². The van der Waals surface area contributed by atoms with E-state index in [1.807, 2.05) is 13.2 Å². The highest BCUT2D eigenvalue weighted by Gasteiger charge is 2.16. The van der Waals surface area contributed by atoms with Gasteiger partial charge >= 0.3 is 12.0 Å². The molecule has 0 radical (unpaired) electrons. The molecule has 0 spiro atoms. The molecule has 0 aliphatic heterocycles. The number of hydrogen-bond donors (Lipinski definition) is 3. The Hall–Kier alpha value is -1.76. The molecule has 2 amide bonds. The lowest BCUT2D eigenvalue weighted by molar-refractivity contribution is 0.0697. The Bertz CT molecular complexity index is 497. The van der Waals surface area contributed by atoms with Crippen molar-refractivity contribution in [2.75, 3.05) is 18.1 Å². The summed E-state index contributed by atoms with van der Waals surface area (Å²) in [6, 6.07) is 2.99. The number of aromatic carboxylic acids is 1. The highest BCUT2D eigenvalue weighted by Crippen LogP contribution is 2.19. The van der Waals surface area contributed by atoms with E-state index in [-0.39, 0.29) is 11.3 Å². The second-order valence-corrected chi connectivity index (χ2v) is 5.46. The molecule has 5 nitrogen and oxygen atoms in total. The Kier molecular flexibility index (Phi) is 6.30. The second kappa shape index (κ2) is 7.74. The molecule has 0 saturated heterocycles. The van der Waals surface area contributed by atoms with Crippen LogP contribution < -0.4 is 10.6 Å². The maximum Gasteiger partial charge on any atom is 0.337 e. The summed E-state index contributed by atoms with van der Waals surface area (Å²) in [7, 11) is 0. The fourth-order valence-corrected chi connectivity index (χ4v) is 1.85. The highest BCUT2D eigenvalue weighted by atomic mass is 32.2. The molecular formula is C13H17FN2O3S. The summed E-state index contributed by atoms with van der Waals surface area (Å²) in [5.41, 5.74) is -0.604. The number of carboxylic acid groups (broad SMARTS) is 1. The zero-order chi connectivity index (χ0) is 15.1. The Balaban J connectivity index is 2.64. The zero-order valence-corrected chi connectivity index (χ0v) is 12.1. The van der Waals surface area contributed by atoms with Gasteiger partial charge in [0.2, 0.25) is 0 Å². The van der Waals surface area contributed by atoms with E-state index in [0.29, 0.717) is 11.8 Å². The molecule has 7 heteroatoms. The maximum absolute atomic E-state index is 13.6. The minimum atomic E-state index is -1.30. The van der Waals surface area contributed by atoms with Gasteiger partial charge in [-0.25, -0.2) is 14.0 Å². The quantitative estimate of drug-likeness (QED) is 0.755. The second-order valence-electron chi connectivity index (χ2n) is 4.18. The van der Waals surface area contributed by atoms with Gasteiger partial charge in [0.1, 0.15) is 5.82 Å². The van der Waals surface area contributed by atoms with Gasteiger partial charge < -0.3 is 15.7 Å². The number of urea groups is 1. The number of amides is 2. The number of carbonyl (C=O) groups is 2. The molecule has 20 heavy (non-hydrogen) atoms. The Morgan fingerprint density at radius 2 is 2.15 bits per heavy atom. The molecule has 0 saturated carbocycles. The van der Waals surface area contributed by atoms with Gasteiger partial charge in [0.15, 0.2) is 0 Å². The van der Waals surface area contributed by atoms with Crippen LogP contribution in [-0.4, -0.2) is 35.2 Å². The van der Waals surface area contributed by atoms with Gasteiger partial charge in [-0.1, -0.05) is 13.0 Å². The molecule has 0 heterocycles. The van der Waals surface area contributed by atoms with Crippen LogP contribution in [0.15, 0.2) is 18.2 Å². The first kappa shape index (κ1) is 16.3. The van der Waals surface area contributed by atoms with E-state index < -0.39 is 17.8 Å². The first-order valence-corrected chi connectivity index (χ1v) is 7.34. The number of benzene rings is 1. The third-order valence-corrected chi connectivity index (χ3v) is 3.76. The normalized spacial score (nSPS) is 11.8. The number of halogens is 1. The molecule has 0 bridgehead atoms. The van der Waals surface area contributed by atoms with Gasteiger partial charge in [-0.05, 0) is 24.8 Å². The molecule has 0 aliphatic carbocycles. The highest BCUT2D eigenvalue weighted by molar-refractivity contribution is 7.99. The number of carboxylic acids is 1. The van der Waals surface area contributed by atoms with E-state index in [1.54, 1.807) is 11.8 Å². The van der Waals surface area contributed by atoms with Crippen LogP contribution in [0.3, 0.4) is 0 Å². The molecule has 0 aromatic heterocycles. The van der Waals surface area contributed by atoms with Crippen LogP contribution in [0.1, 0.15) is 23.7 Å². The third kappa shape index (κ3) is 4.73. The van der Waals surface area contributed by atoms with Crippen molar-refractivity contribution in [1.82, 2.24) is 5.32 Å². The largest absolute Gasteiger partial charge is 0.478 e. The van der Waals surface area contributed by atoms with Crippen LogP contribution in [0.2, 0.25) is 0 Å². The van der Waals surface area contributed by atoms with Crippen molar-refractivity contribution in [1.29, 1.82) is 0 Å². The first-order valence-electron chi connectivity index (χ1n) is 6.05. The predicted octanol–water partition coefficient (Wildman–Crippen LogP) is 2.79. The van der Waals surface area contributed by atoms with Crippen LogP contribution in [0.25, 0.3) is 0 Å². The number of hydrogen-bond acceptors (Lipinski definition) is 3. The first-order chi connectivity index (χ1) is 9.45. The van der Waals surface area contributed by atoms with Crippen molar-refractivity contribution < 1.29 is 19.1 Å². The van der Waals surface area contributed by atoms with Crippen molar-refractivity contribution >= 4 is 29.4 Å². The van der Waals surface area contributed by atoms with Crippen LogP contribution in [-0.2, 0) is 0 Å². The van der Waals surface area contributed by atoms with E-state index in [4.69, 9.17) is 5.11 Å². The van der Waals surface area contributed by atoms with Crippen molar-refractivity contribution in [3.05, 3.63) is 29.6 Å². The Morgan fingerprint density at radius 1 is 1.45 bits per heavy atom. The summed E-state index contributed by atoms with van der Waals surface area (Å²) >= 11 is 1.68. The molecule has 3 N–H and O–H groups in total.